The number of nitrogens with one attached hydrogen (secondary N) is 2. The highest BCUT2D eigenvalue weighted by Crippen LogP contribution is 2.31. The lowest BCUT2D eigenvalue weighted by Gasteiger charge is -2.30. The number of likely N-dealkylation sites (tertiary alicyclic amines) is 1. The molecule has 0 aliphatic carbocycles. The van der Waals surface area contributed by atoms with Crippen LogP contribution in [0.2, 0.25) is 5.02 Å². The lowest BCUT2D eigenvalue weighted by atomic mass is 10.1. The molecule has 8 nitrogen and oxygen atoms in total. The maximum atomic E-state index is 13.8. The molecule has 12 heteroatoms. The van der Waals surface area contributed by atoms with Crippen molar-refractivity contribution in [3.8, 4) is 0 Å². The number of rotatable bonds is 5. The third-order valence-corrected chi connectivity index (χ3v) is 8.14. The van der Waals surface area contributed by atoms with Crippen LogP contribution in [0, 0.1) is 0 Å². The van der Waals surface area contributed by atoms with Crippen LogP contribution in [0.4, 0.5) is 35.0 Å². The van der Waals surface area contributed by atoms with Gasteiger partial charge in [-0.1, -0.05) is 29.8 Å². The molecule has 2 heterocycles. The number of amides is 4. The van der Waals surface area contributed by atoms with Gasteiger partial charge in [0, 0.05) is 56.3 Å². The Bertz CT molecular complexity index is 1530. The first-order chi connectivity index (χ1) is 21.1. The van der Waals surface area contributed by atoms with Crippen molar-refractivity contribution in [2.24, 2.45) is 0 Å². The van der Waals surface area contributed by atoms with Gasteiger partial charge in [0.15, 0.2) is 0 Å². The van der Waals surface area contributed by atoms with Gasteiger partial charge >= 0.3 is 12.2 Å². The molecule has 2 aliphatic rings. The molecule has 3 aromatic carbocycles. The van der Waals surface area contributed by atoms with Gasteiger partial charge in [-0.05, 0) is 74.2 Å². The number of anilines is 3. The van der Waals surface area contributed by atoms with E-state index < -0.39 is 23.7 Å². The number of halogens is 4. The van der Waals surface area contributed by atoms with Crippen LogP contribution in [0.5, 0.6) is 0 Å². The molecular weight excluding hydrogens is 595 g/mol. The van der Waals surface area contributed by atoms with E-state index >= 15 is 0 Å². The third kappa shape index (κ3) is 7.45. The fourth-order valence-electron chi connectivity index (χ4n) is 5.51. The van der Waals surface area contributed by atoms with Gasteiger partial charge in [0.2, 0.25) is 0 Å². The average Bonchev–Trinajstić information content (AvgIpc) is 3.27. The lowest BCUT2D eigenvalue weighted by molar-refractivity contribution is -0.137. The summed E-state index contributed by atoms with van der Waals surface area (Å²) in [7, 11) is 0. The smallest absolute Gasteiger partial charge is 0.369 e. The summed E-state index contributed by atoms with van der Waals surface area (Å²) in [6.07, 6.45) is -1.03. The van der Waals surface area contributed by atoms with E-state index in [4.69, 9.17) is 11.6 Å². The minimum Gasteiger partial charge on any atom is -0.369 e. The molecule has 0 aromatic heterocycles. The Balaban J connectivity index is 1.33. The van der Waals surface area contributed by atoms with E-state index in [1.807, 2.05) is 9.80 Å². The molecule has 0 spiro atoms. The lowest BCUT2D eigenvalue weighted by Crippen LogP contribution is -2.39. The number of carbonyl (C=O) groups is 3. The van der Waals surface area contributed by atoms with E-state index in [-0.39, 0.29) is 11.6 Å². The molecule has 2 fully saturated rings. The Hall–Kier alpha value is -4.25. The SMILES string of the molecule is O=C(Nc1ccc(N2CCCN(C(=O)Nc3cccc(C(F)(F)F)c3)CC2)c(C(=O)N2CCCCC2)c1)c1ccccc1Cl. The van der Waals surface area contributed by atoms with E-state index in [0.717, 1.165) is 31.4 Å². The molecule has 0 atom stereocenters. The Morgan fingerprint density at radius 2 is 1.41 bits per heavy atom. The summed E-state index contributed by atoms with van der Waals surface area (Å²) >= 11 is 6.21. The first kappa shape index (κ1) is 31.2. The number of benzene rings is 3. The van der Waals surface area contributed by atoms with Crippen LogP contribution >= 0.6 is 11.6 Å². The van der Waals surface area contributed by atoms with Gasteiger partial charge in [-0.2, -0.15) is 13.2 Å². The second-order valence-electron chi connectivity index (χ2n) is 10.9. The number of hydrogen-bond acceptors (Lipinski definition) is 4. The summed E-state index contributed by atoms with van der Waals surface area (Å²) in [6, 6.07) is 16.0. The Kier molecular flexibility index (Phi) is 9.63. The third-order valence-electron chi connectivity index (χ3n) is 7.81. The highest BCUT2D eigenvalue weighted by molar-refractivity contribution is 6.34. The number of urea groups is 1. The molecule has 2 N–H and O–H groups in total. The van der Waals surface area contributed by atoms with Crippen LogP contribution in [-0.4, -0.2) is 66.9 Å². The largest absolute Gasteiger partial charge is 0.416 e. The summed E-state index contributed by atoms with van der Waals surface area (Å²) in [5.41, 5.74) is 1.14. The van der Waals surface area contributed by atoms with Crippen molar-refractivity contribution < 1.29 is 27.6 Å². The molecule has 0 radical (unpaired) electrons. The fraction of sp³-hybridized carbons (Fsp3) is 0.344. The van der Waals surface area contributed by atoms with E-state index in [9.17, 15) is 27.6 Å². The fourth-order valence-corrected chi connectivity index (χ4v) is 5.73. The van der Waals surface area contributed by atoms with Crippen LogP contribution in [0.3, 0.4) is 0 Å². The van der Waals surface area contributed by atoms with Crippen molar-refractivity contribution in [2.75, 3.05) is 54.8 Å². The molecule has 4 amide bonds. The maximum Gasteiger partial charge on any atom is 0.416 e. The van der Waals surface area contributed by atoms with E-state index in [1.54, 1.807) is 47.4 Å². The second-order valence-corrected chi connectivity index (χ2v) is 11.3. The van der Waals surface area contributed by atoms with Gasteiger partial charge < -0.3 is 25.3 Å². The standard InChI is InChI=1S/C32H33ClF3N5O3/c33-27-11-3-2-10-25(27)29(42)37-24-12-13-28(26(21-24)30(43)40-14-4-1-5-15-40)39-16-7-17-41(19-18-39)31(44)38-23-9-6-8-22(20-23)32(34,35)36/h2-3,6,8-13,20-21H,1,4-5,7,14-19H2,(H,37,42)(H,38,44). The zero-order chi connectivity index (χ0) is 31.3. The molecule has 0 unspecified atom stereocenters. The van der Waals surface area contributed by atoms with Gasteiger partial charge in [-0.3, -0.25) is 9.59 Å². The predicted molar refractivity (Wildman–Crippen MR) is 164 cm³/mol. The number of hydrogen-bond donors (Lipinski definition) is 2. The number of alkyl halides is 3. The van der Waals surface area contributed by atoms with Crippen LogP contribution in [-0.2, 0) is 6.18 Å². The van der Waals surface area contributed by atoms with E-state index in [2.05, 4.69) is 10.6 Å². The van der Waals surface area contributed by atoms with Gasteiger partial charge in [-0.15, -0.1) is 0 Å². The van der Waals surface area contributed by atoms with Crippen molar-refractivity contribution >= 4 is 46.5 Å². The van der Waals surface area contributed by atoms with Gasteiger partial charge in [0.05, 0.1) is 21.7 Å². The van der Waals surface area contributed by atoms with Gasteiger partial charge in [0.1, 0.15) is 0 Å². The van der Waals surface area contributed by atoms with Crippen molar-refractivity contribution in [3.63, 3.8) is 0 Å². The minimum atomic E-state index is -4.51. The topological polar surface area (TPSA) is 85.0 Å². The summed E-state index contributed by atoms with van der Waals surface area (Å²) < 4.78 is 39.4. The molecule has 0 bridgehead atoms. The quantitative estimate of drug-likeness (QED) is 0.320. The normalized spacial score (nSPS) is 15.9. The average molecular weight is 628 g/mol. The van der Waals surface area contributed by atoms with Crippen LogP contribution < -0.4 is 15.5 Å². The van der Waals surface area contributed by atoms with E-state index in [1.165, 1.54) is 12.1 Å². The highest BCUT2D eigenvalue weighted by atomic mass is 35.5. The molecule has 232 valence electrons. The number of nitrogens with zero attached hydrogens (tertiary/aromatic N) is 3. The van der Waals surface area contributed by atoms with Crippen molar-refractivity contribution in [3.05, 3.63) is 88.4 Å². The molecular formula is C32H33ClF3N5O3. The summed E-state index contributed by atoms with van der Waals surface area (Å²) in [6.45, 7) is 2.95. The zero-order valence-corrected chi connectivity index (χ0v) is 24.8. The Morgan fingerprint density at radius 1 is 0.682 bits per heavy atom. The number of piperidine rings is 1. The summed E-state index contributed by atoms with van der Waals surface area (Å²) in [5.74, 6) is -0.520. The van der Waals surface area contributed by atoms with Gasteiger partial charge in [-0.25, -0.2) is 4.79 Å². The molecule has 2 aliphatic heterocycles. The van der Waals surface area contributed by atoms with Crippen molar-refractivity contribution in [1.82, 2.24) is 9.80 Å². The van der Waals surface area contributed by atoms with E-state index in [0.29, 0.717) is 73.2 Å². The Labute approximate surface area is 258 Å². The van der Waals surface area contributed by atoms with Crippen LogP contribution in [0.1, 0.15) is 52.0 Å². The second kappa shape index (κ2) is 13.6. The van der Waals surface area contributed by atoms with Crippen molar-refractivity contribution in [2.45, 2.75) is 31.9 Å². The zero-order valence-electron chi connectivity index (χ0n) is 24.0. The highest BCUT2D eigenvalue weighted by Gasteiger charge is 2.31. The first-order valence-electron chi connectivity index (χ1n) is 14.6. The minimum absolute atomic E-state index is 0.0646. The van der Waals surface area contributed by atoms with Crippen molar-refractivity contribution in [1.29, 1.82) is 0 Å². The van der Waals surface area contributed by atoms with Gasteiger partial charge in [0.25, 0.3) is 11.8 Å². The van der Waals surface area contributed by atoms with Crippen LogP contribution in [0.15, 0.2) is 66.7 Å². The predicted octanol–water partition coefficient (Wildman–Crippen LogP) is 6.98. The molecule has 0 saturated carbocycles. The summed E-state index contributed by atoms with van der Waals surface area (Å²) in [4.78, 5) is 45.2. The monoisotopic (exact) mass is 627 g/mol. The number of carbonyl (C=O) groups excluding carboxylic acids is 3. The molecule has 5 rings (SSSR count). The van der Waals surface area contributed by atoms with Crippen LogP contribution in [0.25, 0.3) is 0 Å². The Morgan fingerprint density at radius 3 is 2.16 bits per heavy atom. The molecule has 3 aromatic rings. The first-order valence-corrected chi connectivity index (χ1v) is 15.0. The maximum absolute atomic E-state index is 13.8. The molecule has 2 saturated heterocycles. The molecule has 44 heavy (non-hydrogen) atoms. The summed E-state index contributed by atoms with van der Waals surface area (Å²) in [5, 5.41) is 5.75.